The highest BCUT2D eigenvalue weighted by atomic mass is 15.1. The number of anilines is 3. The summed E-state index contributed by atoms with van der Waals surface area (Å²) in [7, 11) is 0. The zero-order chi connectivity index (χ0) is 29.7. The molecule has 0 radical (unpaired) electrons. The highest BCUT2D eigenvalue weighted by Crippen LogP contribution is 2.49. The minimum atomic E-state index is 1.02. The molecule has 0 saturated heterocycles. The Kier molecular flexibility index (Phi) is 5.85. The molecule has 8 aromatic rings. The molecule has 0 aliphatic heterocycles. The van der Waals surface area contributed by atoms with Crippen molar-refractivity contribution in [1.82, 2.24) is 4.98 Å². The van der Waals surface area contributed by atoms with Gasteiger partial charge in [0, 0.05) is 17.6 Å². The Bertz CT molecular complexity index is 2340. The van der Waals surface area contributed by atoms with Gasteiger partial charge in [-0.25, -0.2) is 0 Å². The lowest BCUT2D eigenvalue weighted by atomic mass is 9.94. The van der Waals surface area contributed by atoms with E-state index in [-0.39, 0.29) is 0 Å². The van der Waals surface area contributed by atoms with Gasteiger partial charge in [0.1, 0.15) is 0 Å². The van der Waals surface area contributed by atoms with Crippen molar-refractivity contribution in [3.05, 3.63) is 170 Å². The van der Waals surface area contributed by atoms with E-state index in [0.29, 0.717) is 0 Å². The molecule has 7 aromatic carbocycles. The molecule has 1 heterocycles. The highest BCUT2D eigenvalue weighted by Gasteiger charge is 2.22. The summed E-state index contributed by atoms with van der Waals surface area (Å²) < 4.78 is 0. The minimum absolute atomic E-state index is 1.02. The summed E-state index contributed by atoms with van der Waals surface area (Å²) in [6, 6.07) is 57.1. The number of hydrogen-bond acceptors (Lipinski definition) is 2. The van der Waals surface area contributed by atoms with Gasteiger partial charge < -0.3 is 4.90 Å². The van der Waals surface area contributed by atoms with Gasteiger partial charge in [0.2, 0.25) is 0 Å². The molecular formula is C43H28N2. The second-order valence-corrected chi connectivity index (χ2v) is 11.6. The maximum Gasteiger partial charge on any atom is 0.0644 e. The number of benzene rings is 7. The Balaban J connectivity index is 1.14. The van der Waals surface area contributed by atoms with Gasteiger partial charge in [0.05, 0.1) is 11.9 Å². The summed E-state index contributed by atoms with van der Waals surface area (Å²) in [5, 5.41) is 5.13. The molecule has 0 N–H and O–H groups in total. The SMILES string of the molecule is c1cncc(N(c2ccc(-c3ccc4ccccc4c3)cc2)c2cccc(-c3ccc4c5c(cccc35)-c3ccccc3-4)c2)c1. The quantitative estimate of drug-likeness (QED) is 0.204. The Hall–Kier alpha value is -5.99. The first-order valence-electron chi connectivity index (χ1n) is 15.4. The first-order chi connectivity index (χ1) is 22.3. The van der Waals surface area contributed by atoms with Crippen LogP contribution in [0.3, 0.4) is 0 Å². The second-order valence-electron chi connectivity index (χ2n) is 11.6. The van der Waals surface area contributed by atoms with Gasteiger partial charge in [-0.2, -0.15) is 0 Å². The highest BCUT2D eigenvalue weighted by molar-refractivity contribution is 6.18. The molecule has 0 amide bonds. The Labute approximate surface area is 262 Å². The summed E-state index contributed by atoms with van der Waals surface area (Å²) in [6.45, 7) is 0. The van der Waals surface area contributed by atoms with Gasteiger partial charge in [0.15, 0.2) is 0 Å². The van der Waals surface area contributed by atoms with Crippen molar-refractivity contribution in [3.8, 4) is 44.5 Å². The van der Waals surface area contributed by atoms with E-state index in [1.165, 1.54) is 66.1 Å². The normalized spacial score (nSPS) is 11.6. The zero-order valence-corrected chi connectivity index (χ0v) is 24.6. The lowest BCUT2D eigenvalue weighted by Gasteiger charge is -2.26. The fourth-order valence-corrected chi connectivity index (χ4v) is 6.98. The third-order valence-corrected chi connectivity index (χ3v) is 9.08. The van der Waals surface area contributed by atoms with Crippen molar-refractivity contribution in [1.29, 1.82) is 0 Å². The van der Waals surface area contributed by atoms with Crippen LogP contribution in [0.4, 0.5) is 17.1 Å². The van der Waals surface area contributed by atoms with Gasteiger partial charge in [-0.05, 0) is 109 Å². The Morgan fingerprint density at radius 2 is 1.07 bits per heavy atom. The van der Waals surface area contributed by atoms with E-state index in [9.17, 15) is 0 Å². The Morgan fingerprint density at radius 3 is 1.89 bits per heavy atom. The lowest BCUT2D eigenvalue weighted by Crippen LogP contribution is -2.10. The monoisotopic (exact) mass is 572 g/mol. The van der Waals surface area contributed by atoms with Crippen LogP contribution in [0.2, 0.25) is 0 Å². The van der Waals surface area contributed by atoms with E-state index in [0.717, 1.165) is 17.1 Å². The molecule has 0 spiro atoms. The molecule has 9 rings (SSSR count). The molecule has 210 valence electrons. The van der Waals surface area contributed by atoms with Crippen LogP contribution in [0.25, 0.3) is 66.1 Å². The largest absolute Gasteiger partial charge is 0.309 e. The number of fused-ring (bicyclic) bond motifs is 4. The van der Waals surface area contributed by atoms with Crippen molar-refractivity contribution in [2.45, 2.75) is 0 Å². The number of aromatic nitrogens is 1. The van der Waals surface area contributed by atoms with Crippen LogP contribution in [0.15, 0.2) is 170 Å². The molecule has 0 saturated carbocycles. The third kappa shape index (κ3) is 4.22. The van der Waals surface area contributed by atoms with Crippen LogP contribution >= 0.6 is 0 Å². The minimum Gasteiger partial charge on any atom is -0.309 e. The van der Waals surface area contributed by atoms with Crippen LogP contribution in [0.1, 0.15) is 0 Å². The zero-order valence-electron chi connectivity index (χ0n) is 24.6. The fraction of sp³-hybridized carbons (Fsp3) is 0. The van der Waals surface area contributed by atoms with Gasteiger partial charge >= 0.3 is 0 Å². The molecule has 2 heteroatoms. The van der Waals surface area contributed by atoms with Crippen LogP contribution in [-0.2, 0) is 0 Å². The van der Waals surface area contributed by atoms with Crippen molar-refractivity contribution in [2.75, 3.05) is 4.90 Å². The number of pyridine rings is 1. The molecule has 1 aliphatic carbocycles. The molecule has 0 atom stereocenters. The van der Waals surface area contributed by atoms with Crippen LogP contribution in [0, 0.1) is 0 Å². The maximum absolute atomic E-state index is 4.48. The van der Waals surface area contributed by atoms with Gasteiger partial charge in [-0.3, -0.25) is 4.98 Å². The smallest absolute Gasteiger partial charge is 0.0644 e. The van der Waals surface area contributed by atoms with Crippen molar-refractivity contribution in [2.24, 2.45) is 0 Å². The molecule has 0 unspecified atom stereocenters. The summed E-state index contributed by atoms with van der Waals surface area (Å²) in [6.07, 6.45) is 3.76. The topological polar surface area (TPSA) is 16.1 Å². The summed E-state index contributed by atoms with van der Waals surface area (Å²) in [5.74, 6) is 0. The third-order valence-electron chi connectivity index (χ3n) is 9.08. The van der Waals surface area contributed by atoms with Gasteiger partial charge in [0.25, 0.3) is 0 Å². The van der Waals surface area contributed by atoms with Crippen molar-refractivity contribution in [3.63, 3.8) is 0 Å². The van der Waals surface area contributed by atoms with Crippen molar-refractivity contribution >= 4 is 38.6 Å². The average molecular weight is 573 g/mol. The second kappa shape index (κ2) is 10.3. The molecular weight excluding hydrogens is 544 g/mol. The van der Waals surface area contributed by atoms with Gasteiger partial charge in [-0.1, -0.05) is 115 Å². The van der Waals surface area contributed by atoms with Crippen LogP contribution in [-0.4, -0.2) is 4.98 Å². The first kappa shape index (κ1) is 25.5. The maximum atomic E-state index is 4.48. The van der Waals surface area contributed by atoms with E-state index in [2.05, 4.69) is 162 Å². The van der Waals surface area contributed by atoms with E-state index in [4.69, 9.17) is 0 Å². The molecule has 1 aromatic heterocycles. The fourth-order valence-electron chi connectivity index (χ4n) is 6.98. The summed E-state index contributed by atoms with van der Waals surface area (Å²) in [4.78, 5) is 6.76. The molecule has 1 aliphatic rings. The Morgan fingerprint density at radius 1 is 0.378 bits per heavy atom. The van der Waals surface area contributed by atoms with E-state index < -0.39 is 0 Å². The van der Waals surface area contributed by atoms with E-state index in [1.54, 1.807) is 0 Å². The number of rotatable bonds is 5. The standard InChI is InChI=1S/C43H28N2/c1-2-9-31-26-32(18-17-29(31)8-1)30-19-21-34(22-20-30)45(36-12-7-25-44-28-36)35-11-5-10-33(27-35)37-23-24-42-39-14-4-3-13-38(39)41-16-6-15-40(37)43(41)42/h1-28H. The summed E-state index contributed by atoms with van der Waals surface area (Å²) >= 11 is 0. The lowest BCUT2D eigenvalue weighted by molar-refractivity contribution is 1.23. The molecule has 0 bridgehead atoms. The summed E-state index contributed by atoms with van der Waals surface area (Å²) in [5.41, 5.74) is 13.3. The first-order valence-corrected chi connectivity index (χ1v) is 15.4. The van der Waals surface area contributed by atoms with E-state index in [1.807, 2.05) is 18.5 Å². The molecule has 45 heavy (non-hydrogen) atoms. The molecule has 2 nitrogen and oxygen atoms in total. The van der Waals surface area contributed by atoms with E-state index >= 15 is 0 Å². The van der Waals surface area contributed by atoms with Crippen LogP contribution < -0.4 is 4.90 Å². The number of nitrogens with zero attached hydrogens (tertiary/aromatic N) is 2. The van der Waals surface area contributed by atoms with Crippen LogP contribution in [0.5, 0.6) is 0 Å². The van der Waals surface area contributed by atoms with Crippen molar-refractivity contribution < 1.29 is 0 Å². The van der Waals surface area contributed by atoms with Gasteiger partial charge in [-0.15, -0.1) is 0 Å². The number of hydrogen-bond donors (Lipinski definition) is 0. The average Bonchev–Trinajstić information content (AvgIpc) is 3.44. The predicted octanol–water partition coefficient (Wildman–Crippen LogP) is 11.8. The predicted molar refractivity (Wildman–Crippen MR) is 189 cm³/mol. The molecule has 0 fully saturated rings.